The van der Waals surface area contributed by atoms with Gasteiger partial charge in [0.05, 0.1) is 6.04 Å². The van der Waals surface area contributed by atoms with Crippen molar-refractivity contribution >= 4 is 11.3 Å². The number of hydrazine groups is 1. The van der Waals surface area contributed by atoms with Crippen molar-refractivity contribution in [1.29, 1.82) is 0 Å². The molecule has 0 saturated heterocycles. The Morgan fingerprint density at radius 1 is 1.29 bits per heavy atom. The van der Waals surface area contributed by atoms with Crippen molar-refractivity contribution in [3.05, 3.63) is 51.7 Å². The van der Waals surface area contributed by atoms with Crippen LogP contribution in [0.25, 0.3) is 0 Å². The first-order chi connectivity index (χ1) is 9.96. The van der Waals surface area contributed by atoms with Gasteiger partial charge in [0.25, 0.3) is 0 Å². The molecule has 1 aromatic heterocycles. The summed E-state index contributed by atoms with van der Waals surface area (Å²) in [6.45, 7) is 1.98. The number of rotatable bonds is 5. The van der Waals surface area contributed by atoms with Crippen LogP contribution in [0.4, 0.5) is 13.2 Å². The second-order valence-corrected chi connectivity index (χ2v) is 5.30. The van der Waals surface area contributed by atoms with Crippen molar-refractivity contribution in [3.8, 4) is 5.75 Å². The molecule has 1 unspecified atom stereocenters. The summed E-state index contributed by atoms with van der Waals surface area (Å²) in [5.74, 6) is 5.33. The lowest BCUT2D eigenvalue weighted by atomic mass is 10.0. The molecule has 0 aliphatic rings. The van der Waals surface area contributed by atoms with E-state index in [9.17, 15) is 13.2 Å². The Bertz CT molecular complexity index is 598. The van der Waals surface area contributed by atoms with Crippen molar-refractivity contribution in [3.63, 3.8) is 0 Å². The second-order valence-electron chi connectivity index (χ2n) is 4.35. The minimum atomic E-state index is -4.74. The van der Waals surface area contributed by atoms with Gasteiger partial charge in [0.1, 0.15) is 5.75 Å². The Hall–Kier alpha value is -1.57. The highest BCUT2D eigenvalue weighted by Crippen LogP contribution is 2.36. The Morgan fingerprint density at radius 2 is 2.00 bits per heavy atom. The van der Waals surface area contributed by atoms with Crippen LogP contribution in [0.5, 0.6) is 5.75 Å². The van der Waals surface area contributed by atoms with Crippen molar-refractivity contribution in [2.24, 2.45) is 5.84 Å². The van der Waals surface area contributed by atoms with Gasteiger partial charge in [-0.3, -0.25) is 5.84 Å². The molecule has 1 heterocycles. The molecule has 0 radical (unpaired) electrons. The molecular formula is C14H15F3N2OS. The highest BCUT2D eigenvalue weighted by atomic mass is 32.1. The lowest BCUT2D eigenvalue weighted by Gasteiger charge is -2.20. The van der Waals surface area contributed by atoms with Crippen LogP contribution < -0.4 is 16.0 Å². The lowest BCUT2D eigenvalue weighted by molar-refractivity contribution is -0.275. The van der Waals surface area contributed by atoms with Gasteiger partial charge in [-0.2, -0.15) is 0 Å². The molecule has 1 aromatic carbocycles. The molecule has 0 fully saturated rings. The number of aryl methyl sites for hydroxylation is 1. The fraction of sp³-hybridized carbons (Fsp3) is 0.286. The third-order valence-corrected chi connectivity index (χ3v) is 4.07. The van der Waals surface area contributed by atoms with Gasteiger partial charge < -0.3 is 4.74 Å². The van der Waals surface area contributed by atoms with E-state index < -0.39 is 12.4 Å². The van der Waals surface area contributed by atoms with Gasteiger partial charge in [-0.25, -0.2) is 5.43 Å². The standard InChI is InChI=1S/C14H15F3N2OS/c1-2-9-7-8-21-13(9)12(19-18)10-5-3-4-6-11(10)20-14(15,16)17/h3-8,12,19H,2,18H2,1H3. The summed E-state index contributed by atoms with van der Waals surface area (Å²) < 4.78 is 41.6. The predicted octanol–water partition coefficient (Wildman–Crippen LogP) is 3.76. The predicted molar refractivity (Wildman–Crippen MR) is 76.0 cm³/mol. The fourth-order valence-corrected chi connectivity index (χ4v) is 3.21. The number of thiophene rings is 1. The molecule has 3 nitrogen and oxygen atoms in total. The van der Waals surface area contributed by atoms with Crippen molar-refractivity contribution in [2.75, 3.05) is 0 Å². The number of para-hydroxylation sites is 1. The monoisotopic (exact) mass is 316 g/mol. The first-order valence-electron chi connectivity index (χ1n) is 6.33. The quantitative estimate of drug-likeness (QED) is 0.652. The molecule has 0 spiro atoms. The maximum absolute atomic E-state index is 12.5. The molecule has 0 amide bonds. The molecule has 21 heavy (non-hydrogen) atoms. The molecule has 0 aliphatic carbocycles. The topological polar surface area (TPSA) is 47.3 Å². The molecule has 3 N–H and O–H groups in total. The van der Waals surface area contributed by atoms with Gasteiger partial charge in [-0.05, 0) is 29.5 Å². The van der Waals surface area contributed by atoms with Crippen molar-refractivity contribution in [2.45, 2.75) is 25.7 Å². The third-order valence-electron chi connectivity index (χ3n) is 3.05. The molecule has 0 saturated carbocycles. The van der Waals surface area contributed by atoms with Crippen molar-refractivity contribution in [1.82, 2.24) is 5.43 Å². The summed E-state index contributed by atoms with van der Waals surface area (Å²) in [5, 5.41) is 1.89. The fourth-order valence-electron chi connectivity index (χ4n) is 2.14. The molecule has 7 heteroatoms. The van der Waals surface area contributed by atoms with Crippen LogP contribution >= 0.6 is 11.3 Å². The maximum Gasteiger partial charge on any atom is 0.573 e. The van der Waals surface area contributed by atoms with Crippen LogP contribution in [0.1, 0.15) is 29.0 Å². The van der Waals surface area contributed by atoms with Crippen LogP contribution in [0.2, 0.25) is 0 Å². The number of ether oxygens (including phenoxy) is 1. The van der Waals surface area contributed by atoms with E-state index >= 15 is 0 Å². The molecule has 2 aromatic rings. The number of hydrogen-bond donors (Lipinski definition) is 2. The van der Waals surface area contributed by atoms with Crippen LogP contribution in [-0.2, 0) is 6.42 Å². The molecule has 1 atom stereocenters. The minimum Gasteiger partial charge on any atom is -0.405 e. The largest absolute Gasteiger partial charge is 0.573 e. The third kappa shape index (κ3) is 3.75. The normalized spacial score (nSPS) is 13.2. The van der Waals surface area contributed by atoms with Gasteiger partial charge in [-0.15, -0.1) is 24.5 Å². The van der Waals surface area contributed by atoms with E-state index in [1.807, 2.05) is 18.4 Å². The van der Waals surface area contributed by atoms with Gasteiger partial charge in [0, 0.05) is 10.4 Å². The van der Waals surface area contributed by atoms with E-state index in [1.54, 1.807) is 12.1 Å². The first kappa shape index (κ1) is 15.8. The number of nitrogens with two attached hydrogens (primary N) is 1. The number of hydrogen-bond acceptors (Lipinski definition) is 4. The summed E-state index contributed by atoms with van der Waals surface area (Å²) in [6, 6.07) is 7.41. The second kappa shape index (κ2) is 6.46. The first-order valence-corrected chi connectivity index (χ1v) is 7.21. The number of alkyl halides is 3. The summed E-state index contributed by atoms with van der Waals surface area (Å²) in [7, 11) is 0. The Kier molecular flexibility index (Phi) is 4.87. The van der Waals surface area contributed by atoms with Gasteiger partial charge >= 0.3 is 6.36 Å². The average Bonchev–Trinajstić information content (AvgIpc) is 2.88. The van der Waals surface area contributed by atoms with Crippen LogP contribution in [0.15, 0.2) is 35.7 Å². The highest BCUT2D eigenvalue weighted by molar-refractivity contribution is 7.10. The van der Waals surface area contributed by atoms with Crippen molar-refractivity contribution < 1.29 is 17.9 Å². The zero-order chi connectivity index (χ0) is 15.5. The summed E-state index contributed by atoms with van der Waals surface area (Å²) in [4.78, 5) is 0.887. The van der Waals surface area contributed by atoms with E-state index in [0.29, 0.717) is 5.56 Å². The maximum atomic E-state index is 12.5. The Morgan fingerprint density at radius 3 is 2.62 bits per heavy atom. The van der Waals surface area contributed by atoms with Crippen LogP contribution in [0.3, 0.4) is 0 Å². The Balaban J connectivity index is 2.43. The summed E-state index contributed by atoms with van der Waals surface area (Å²) in [6.07, 6.45) is -3.96. The smallest absolute Gasteiger partial charge is 0.405 e. The van der Waals surface area contributed by atoms with E-state index in [4.69, 9.17) is 5.84 Å². The van der Waals surface area contributed by atoms with Gasteiger partial charge in [0.15, 0.2) is 0 Å². The van der Waals surface area contributed by atoms with E-state index in [2.05, 4.69) is 10.2 Å². The molecular weight excluding hydrogens is 301 g/mol. The molecule has 0 bridgehead atoms. The summed E-state index contributed by atoms with van der Waals surface area (Å²) in [5.41, 5.74) is 3.99. The minimum absolute atomic E-state index is 0.247. The SMILES string of the molecule is CCc1ccsc1C(NN)c1ccccc1OC(F)(F)F. The number of nitrogens with one attached hydrogen (secondary N) is 1. The zero-order valence-electron chi connectivity index (χ0n) is 11.3. The van der Waals surface area contributed by atoms with Crippen LogP contribution in [0, 0.1) is 0 Å². The zero-order valence-corrected chi connectivity index (χ0v) is 12.1. The number of halogens is 3. The Labute approximate surface area is 124 Å². The lowest BCUT2D eigenvalue weighted by Crippen LogP contribution is -2.30. The van der Waals surface area contributed by atoms with Gasteiger partial charge in [-0.1, -0.05) is 25.1 Å². The van der Waals surface area contributed by atoms with E-state index in [1.165, 1.54) is 23.5 Å². The highest BCUT2D eigenvalue weighted by Gasteiger charge is 2.33. The average molecular weight is 316 g/mol. The molecule has 0 aliphatic heterocycles. The molecule has 2 rings (SSSR count). The van der Waals surface area contributed by atoms with E-state index in [-0.39, 0.29) is 5.75 Å². The van der Waals surface area contributed by atoms with Crippen LogP contribution in [-0.4, -0.2) is 6.36 Å². The molecule has 114 valence electrons. The summed E-state index contributed by atoms with van der Waals surface area (Å²) >= 11 is 1.45. The van der Waals surface area contributed by atoms with E-state index in [0.717, 1.165) is 16.9 Å². The van der Waals surface area contributed by atoms with Gasteiger partial charge in [0.2, 0.25) is 0 Å². The number of benzene rings is 1.